The summed E-state index contributed by atoms with van der Waals surface area (Å²) in [6, 6.07) is 37.7. The zero-order chi connectivity index (χ0) is 35.6. The third-order valence-electron chi connectivity index (χ3n) is 8.98. The second-order valence-electron chi connectivity index (χ2n) is 12.5. The number of hydrogen-bond acceptors (Lipinski definition) is 5. The van der Waals surface area contributed by atoms with E-state index in [0.717, 1.165) is 35.6 Å². The Morgan fingerprint density at radius 2 is 1.31 bits per heavy atom. The van der Waals surface area contributed by atoms with Gasteiger partial charge in [0.2, 0.25) is 11.8 Å². The van der Waals surface area contributed by atoms with Crippen molar-refractivity contribution in [1.29, 1.82) is 0 Å². The number of carbonyl (C=O) groups is 2. The Morgan fingerprint density at radius 1 is 0.745 bits per heavy atom. The van der Waals surface area contributed by atoms with Crippen LogP contribution in [0.3, 0.4) is 0 Å². The fourth-order valence-corrected chi connectivity index (χ4v) is 7.72. The molecule has 1 aliphatic rings. The highest BCUT2D eigenvalue weighted by molar-refractivity contribution is 7.92. The van der Waals surface area contributed by atoms with Gasteiger partial charge in [-0.1, -0.05) is 97.8 Å². The van der Waals surface area contributed by atoms with Gasteiger partial charge in [-0.25, -0.2) is 12.8 Å². The van der Waals surface area contributed by atoms with Crippen molar-refractivity contribution in [2.45, 2.75) is 55.6 Å². The Morgan fingerprint density at radius 3 is 1.96 bits per heavy atom. The molecule has 2 amide bonds. The van der Waals surface area contributed by atoms with Gasteiger partial charge in [0.1, 0.15) is 29.9 Å². The van der Waals surface area contributed by atoms with Gasteiger partial charge in [-0.3, -0.25) is 13.9 Å². The standard InChI is InChI=1S/C41H40FN3O5S/c42-38-23-13-10-16-32(38)29-44(39(28-31-14-4-1-5-15-31)41(47)43-33-17-11-12-18-33)40(46)30-45(51(48,49)37-21-8-3-9-22-37)34-24-26-36(27-25-34)50-35-19-6-2-7-20-35/h1-10,13-16,19-27,33,39H,11-12,17-18,28-30H2,(H,43,47). The molecule has 51 heavy (non-hydrogen) atoms. The molecule has 5 aromatic rings. The van der Waals surface area contributed by atoms with Crippen LogP contribution < -0.4 is 14.4 Å². The van der Waals surface area contributed by atoms with Crippen molar-refractivity contribution in [3.63, 3.8) is 0 Å². The summed E-state index contributed by atoms with van der Waals surface area (Å²) in [6.45, 7) is -0.892. The van der Waals surface area contributed by atoms with Gasteiger partial charge in [0.15, 0.2) is 0 Å². The van der Waals surface area contributed by atoms with Crippen LogP contribution in [0.5, 0.6) is 11.5 Å². The molecular weight excluding hydrogens is 666 g/mol. The Balaban J connectivity index is 1.38. The molecule has 1 unspecified atom stereocenters. The van der Waals surface area contributed by atoms with Gasteiger partial charge in [0.05, 0.1) is 10.6 Å². The number of nitrogens with zero attached hydrogens (tertiary/aromatic N) is 2. The first kappa shape index (κ1) is 35.3. The number of para-hydroxylation sites is 1. The molecule has 0 saturated heterocycles. The molecule has 5 aromatic carbocycles. The van der Waals surface area contributed by atoms with Crippen molar-refractivity contribution in [2.75, 3.05) is 10.8 Å². The number of anilines is 1. The zero-order valence-electron chi connectivity index (χ0n) is 28.1. The van der Waals surface area contributed by atoms with Crippen molar-refractivity contribution in [3.05, 3.63) is 156 Å². The summed E-state index contributed by atoms with van der Waals surface area (Å²) in [4.78, 5) is 30.1. The van der Waals surface area contributed by atoms with Crippen LogP contribution in [0.15, 0.2) is 144 Å². The van der Waals surface area contributed by atoms with Gasteiger partial charge in [-0.05, 0) is 73.0 Å². The van der Waals surface area contributed by atoms with E-state index >= 15 is 4.39 Å². The van der Waals surface area contributed by atoms with Crippen molar-refractivity contribution in [3.8, 4) is 11.5 Å². The van der Waals surface area contributed by atoms with Crippen LogP contribution in [0.4, 0.5) is 10.1 Å². The number of ether oxygens (including phenoxy) is 1. The highest BCUT2D eigenvalue weighted by Gasteiger charge is 2.36. The lowest BCUT2D eigenvalue weighted by Gasteiger charge is -2.34. The van der Waals surface area contributed by atoms with Crippen LogP contribution in [0.25, 0.3) is 0 Å². The van der Waals surface area contributed by atoms with Crippen molar-refractivity contribution in [1.82, 2.24) is 10.2 Å². The maximum atomic E-state index is 15.2. The summed E-state index contributed by atoms with van der Waals surface area (Å²) < 4.78 is 50.7. The van der Waals surface area contributed by atoms with Crippen LogP contribution >= 0.6 is 0 Å². The van der Waals surface area contributed by atoms with Gasteiger partial charge in [-0.2, -0.15) is 0 Å². The number of nitrogens with one attached hydrogen (secondary N) is 1. The number of rotatable bonds is 14. The van der Waals surface area contributed by atoms with Crippen LogP contribution in [0.1, 0.15) is 36.8 Å². The van der Waals surface area contributed by atoms with E-state index in [-0.39, 0.29) is 41.1 Å². The molecule has 10 heteroatoms. The number of carbonyl (C=O) groups excluding carboxylic acids is 2. The normalized spacial score (nSPS) is 13.7. The minimum atomic E-state index is -4.29. The summed E-state index contributed by atoms with van der Waals surface area (Å²) >= 11 is 0. The van der Waals surface area contributed by atoms with E-state index in [0.29, 0.717) is 11.5 Å². The first-order valence-corrected chi connectivity index (χ1v) is 18.5. The van der Waals surface area contributed by atoms with Crippen LogP contribution in [0, 0.1) is 5.82 Å². The molecule has 0 heterocycles. The lowest BCUT2D eigenvalue weighted by atomic mass is 10.0. The summed E-state index contributed by atoms with van der Waals surface area (Å²) in [5.41, 5.74) is 1.23. The summed E-state index contributed by atoms with van der Waals surface area (Å²) in [5.74, 6) is -0.479. The Hall–Kier alpha value is -5.48. The lowest BCUT2D eigenvalue weighted by Crippen LogP contribution is -2.54. The summed E-state index contributed by atoms with van der Waals surface area (Å²) in [7, 11) is -4.29. The summed E-state index contributed by atoms with van der Waals surface area (Å²) in [5, 5.41) is 3.13. The largest absolute Gasteiger partial charge is 0.457 e. The third-order valence-corrected chi connectivity index (χ3v) is 10.8. The zero-order valence-corrected chi connectivity index (χ0v) is 28.9. The first-order chi connectivity index (χ1) is 24.8. The van der Waals surface area contributed by atoms with Crippen molar-refractivity contribution < 1.29 is 27.1 Å². The average Bonchev–Trinajstić information content (AvgIpc) is 3.67. The maximum Gasteiger partial charge on any atom is 0.264 e. The lowest BCUT2D eigenvalue weighted by molar-refractivity contribution is -0.140. The van der Waals surface area contributed by atoms with Crippen molar-refractivity contribution in [2.24, 2.45) is 0 Å². The fourth-order valence-electron chi connectivity index (χ4n) is 6.29. The van der Waals surface area contributed by atoms with E-state index in [4.69, 9.17) is 4.74 Å². The van der Waals surface area contributed by atoms with E-state index in [1.165, 1.54) is 23.1 Å². The number of halogens is 1. The number of benzene rings is 5. The molecule has 1 N–H and O–H groups in total. The SMILES string of the molecule is O=C(NC1CCCC1)C(Cc1ccccc1)N(Cc1ccccc1F)C(=O)CN(c1ccc(Oc2ccccc2)cc1)S(=O)(=O)c1ccccc1. The van der Waals surface area contributed by atoms with E-state index in [1.807, 2.05) is 48.5 Å². The Labute approximate surface area is 298 Å². The second-order valence-corrected chi connectivity index (χ2v) is 14.4. The van der Waals surface area contributed by atoms with Gasteiger partial charge in [0, 0.05) is 24.6 Å². The maximum absolute atomic E-state index is 15.2. The topological polar surface area (TPSA) is 96.0 Å². The highest BCUT2D eigenvalue weighted by Crippen LogP contribution is 2.29. The van der Waals surface area contributed by atoms with E-state index in [1.54, 1.807) is 72.8 Å². The molecule has 6 rings (SSSR count). The quantitative estimate of drug-likeness (QED) is 0.129. The molecule has 0 bridgehead atoms. The van der Waals surface area contributed by atoms with E-state index in [9.17, 15) is 18.0 Å². The Kier molecular flexibility index (Phi) is 11.4. The average molecular weight is 706 g/mol. The fraction of sp³-hybridized carbons (Fsp3) is 0.220. The molecule has 262 valence electrons. The summed E-state index contributed by atoms with van der Waals surface area (Å²) in [6.07, 6.45) is 3.80. The molecule has 1 aliphatic carbocycles. The predicted octanol–water partition coefficient (Wildman–Crippen LogP) is 7.51. The molecule has 0 spiro atoms. The molecule has 8 nitrogen and oxygen atoms in total. The molecule has 0 aliphatic heterocycles. The molecule has 1 atom stereocenters. The van der Waals surface area contributed by atoms with Gasteiger partial charge in [-0.15, -0.1) is 0 Å². The van der Waals surface area contributed by atoms with E-state index < -0.39 is 34.3 Å². The minimum Gasteiger partial charge on any atom is -0.457 e. The minimum absolute atomic E-state index is 0.0112. The highest BCUT2D eigenvalue weighted by atomic mass is 32.2. The monoisotopic (exact) mass is 705 g/mol. The predicted molar refractivity (Wildman–Crippen MR) is 195 cm³/mol. The molecule has 0 radical (unpaired) electrons. The second kappa shape index (κ2) is 16.5. The molecule has 0 aromatic heterocycles. The smallest absolute Gasteiger partial charge is 0.264 e. The van der Waals surface area contributed by atoms with Gasteiger partial charge < -0.3 is 15.0 Å². The number of sulfonamides is 1. The Bertz CT molecular complexity index is 2010. The van der Waals surface area contributed by atoms with Crippen LogP contribution in [-0.4, -0.2) is 43.8 Å². The van der Waals surface area contributed by atoms with E-state index in [2.05, 4.69) is 5.32 Å². The van der Waals surface area contributed by atoms with Gasteiger partial charge in [0.25, 0.3) is 10.0 Å². The van der Waals surface area contributed by atoms with Crippen LogP contribution in [0.2, 0.25) is 0 Å². The number of hydrogen-bond donors (Lipinski definition) is 1. The molecule has 1 fully saturated rings. The third kappa shape index (κ3) is 9.01. The van der Waals surface area contributed by atoms with Crippen LogP contribution in [-0.2, 0) is 32.6 Å². The molecular formula is C41H40FN3O5S. The molecule has 1 saturated carbocycles. The number of amides is 2. The van der Waals surface area contributed by atoms with Crippen molar-refractivity contribution >= 4 is 27.5 Å². The van der Waals surface area contributed by atoms with Gasteiger partial charge >= 0.3 is 0 Å². The first-order valence-electron chi connectivity index (χ1n) is 17.1.